The summed E-state index contributed by atoms with van der Waals surface area (Å²) in [6, 6.07) is -0.220. The van der Waals surface area contributed by atoms with Gasteiger partial charge in [0, 0.05) is 30.5 Å². The van der Waals surface area contributed by atoms with Crippen LogP contribution in [0.5, 0.6) is 0 Å². The van der Waals surface area contributed by atoms with E-state index in [1.807, 2.05) is 4.90 Å². The standard InChI is InChI=1S/C24H24N12O5S2/c1-43(39,40)18-17(11-4-12-2-3-13(5-11)35(12)23(37)20-27-9-29-33-20)32-22-14(6-31-36(22)19(18)25)15-7-26-16(42-15)8-41-24(38)21-28-10-30-34-21/h6-7,9-13H,2-5,8,25H2,1H3,(H,27,29,33)(H,28,30,34)/t11-,12-,13+. The first-order valence-corrected chi connectivity index (χ1v) is 15.9. The number of aromatic nitrogens is 10. The fourth-order valence-corrected chi connectivity index (χ4v) is 7.91. The van der Waals surface area contributed by atoms with E-state index in [-0.39, 0.29) is 52.9 Å². The van der Waals surface area contributed by atoms with Gasteiger partial charge in [0.1, 0.15) is 35.0 Å². The highest BCUT2D eigenvalue weighted by Gasteiger charge is 2.46. The number of sulfone groups is 1. The van der Waals surface area contributed by atoms with Gasteiger partial charge in [-0.2, -0.15) is 9.61 Å². The number of nitrogens with zero attached hydrogens (tertiary/aromatic N) is 9. The zero-order valence-corrected chi connectivity index (χ0v) is 24.2. The summed E-state index contributed by atoms with van der Waals surface area (Å²) in [5.74, 6) is -1.03. The molecule has 0 aromatic carbocycles. The number of esters is 1. The lowest BCUT2D eigenvalue weighted by Crippen LogP contribution is -2.46. The molecular weight excluding hydrogens is 600 g/mol. The van der Waals surface area contributed by atoms with Crippen LogP contribution in [0, 0.1) is 0 Å². The molecule has 2 saturated heterocycles. The third-order valence-electron chi connectivity index (χ3n) is 7.76. The van der Waals surface area contributed by atoms with Gasteiger partial charge in [0.2, 0.25) is 11.6 Å². The number of aromatic amines is 2. The number of amides is 1. The number of hydrogen-bond acceptors (Lipinski definition) is 14. The summed E-state index contributed by atoms with van der Waals surface area (Å²) < 4.78 is 32.7. The predicted octanol–water partition coefficient (Wildman–Crippen LogP) is 0.982. The minimum Gasteiger partial charge on any atom is -0.452 e. The van der Waals surface area contributed by atoms with Crippen molar-refractivity contribution in [3.63, 3.8) is 0 Å². The predicted molar refractivity (Wildman–Crippen MR) is 148 cm³/mol. The first-order chi connectivity index (χ1) is 20.7. The number of H-pyrrole nitrogens is 2. The Morgan fingerprint density at radius 3 is 2.44 bits per heavy atom. The molecule has 5 aromatic heterocycles. The second kappa shape index (κ2) is 10.2. The Kier molecular flexibility index (Phi) is 6.42. The third-order valence-corrected chi connectivity index (χ3v) is 9.93. The summed E-state index contributed by atoms with van der Waals surface area (Å²) in [6.45, 7) is -0.0867. The molecule has 0 spiro atoms. The number of piperidine rings is 1. The average molecular weight is 625 g/mol. The van der Waals surface area contributed by atoms with Gasteiger partial charge in [-0.05, 0) is 25.7 Å². The molecule has 1 amide bonds. The fraction of sp³-hybridized carbons (Fsp3) is 0.375. The molecule has 2 bridgehead atoms. The van der Waals surface area contributed by atoms with E-state index in [1.165, 1.54) is 28.5 Å². The van der Waals surface area contributed by atoms with Crippen LogP contribution in [0.4, 0.5) is 5.82 Å². The monoisotopic (exact) mass is 624 g/mol. The van der Waals surface area contributed by atoms with Gasteiger partial charge in [0.25, 0.3) is 5.91 Å². The van der Waals surface area contributed by atoms with Crippen molar-refractivity contribution in [3.8, 4) is 10.4 Å². The molecule has 4 N–H and O–H groups in total. The minimum absolute atomic E-state index is 0.0186. The number of ether oxygens (including phenoxy) is 1. The highest BCUT2D eigenvalue weighted by atomic mass is 32.2. The fourth-order valence-electron chi connectivity index (χ4n) is 6.02. The van der Waals surface area contributed by atoms with Crippen molar-refractivity contribution in [2.24, 2.45) is 0 Å². The molecule has 0 saturated carbocycles. The number of carbonyl (C=O) groups excluding carboxylic acids is 2. The van der Waals surface area contributed by atoms with Gasteiger partial charge in [-0.15, -0.1) is 31.7 Å². The molecule has 19 heteroatoms. The quantitative estimate of drug-likeness (QED) is 0.215. The maximum Gasteiger partial charge on any atom is 0.376 e. The molecule has 222 valence electrons. The summed E-state index contributed by atoms with van der Waals surface area (Å²) in [7, 11) is -3.79. The lowest BCUT2D eigenvalue weighted by Gasteiger charge is -2.38. The normalized spacial score (nSPS) is 20.1. The smallest absolute Gasteiger partial charge is 0.376 e. The summed E-state index contributed by atoms with van der Waals surface area (Å²) >= 11 is 1.27. The van der Waals surface area contributed by atoms with Crippen LogP contribution in [0.25, 0.3) is 16.1 Å². The maximum atomic E-state index is 13.1. The first kappa shape index (κ1) is 27.1. The van der Waals surface area contributed by atoms with Crippen LogP contribution in [0.3, 0.4) is 0 Å². The summed E-state index contributed by atoms with van der Waals surface area (Å²) in [4.78, 5) is 42.3. The largest absolute Gasteiger partial charge is 0.452 e. The van der Waals surface area contributed by atoms with E-state index in [0.29, 0.717) is 39.6 Å². The van der Waals surface area contributed by atoms with Gasteiger partial charge in [0.15, 0.2) is 15.5 Å². The van der Waals surface area contributed by atoms with Gasteiger partial charge >= 0.3 is 5.97 Å². The van der Waals surface area contributed by atoms with Crippen molar-refractivity contribution in [2.75, 3.05) is 12.0 Å². The van der Waals surface area contributed by atoms with Gasteiger partial charge < -0.3 is 25.3 Å². The van der Waals surface area contributed by atoms with Crippen molar-refractivity contribution < 1.29 is 22.7 Å². The van der Waals surface area contributed by atoms with Crippen LogP contribution in [-0.2, 0) is 21.2 Å². The molecule has 2 fully saturated rings. The Morgan fingerprint density at radius 1 is 1.09 bits per heavy atom. The van der Waals surface area contributed by atoms with E-state index in [2.05, 4.69) is 40.4 Å². The molecule has 3 atom stereocenters. The van der Waals surface area contributed by atoms with Crippen LogP contribution in [0.1, 0.15) is 63.5 Å². The van der Waals surface area contributed by atoms with E-state index < -0.39 is 15.8 Å². The second-order valence-corrected chi connectivity index (χ2v) is 13.5. The van der Waals surface area contributed by atoms with Crippen molar-refractivity contribution in [2.45, 2.75) is 55.2 Å². The summed E-state index contributed by atoms with van der Waals surface area (Å²) in [6.07, 6.45) is 9.51. The van der Waals surface area contributed by atoms with E-state index in [0.717, 1.165) is 19.1 Å². The van der Waals surface area contributed by atoms with Gasteiger partial charge in [-0.3, -0.25) is 4.79 Å². The zero-order valence-electron chi connectivity index (χ0n) is 22.5. The van der Waals surface area contributed by atoms with Gasteiger partial charge in [-0.1, -0.05) is 0 Å². The molecule has 0 aliphatic carbocycles. The van der Waals surface area contributed by atoms with Crippen molar-refractivity contribution >= 4 is 44.5 Å². The Balaban J connectivity index is 1.21. The van der Waals surface area contributed by atoms with Crippen LogP contribution >= 0.6 is 11.3 Å². The lowest BCUT2D eigenvalue weighted by molar-refractivity contribution is 0.0457. The Labute approximate surface area is 246 Å². The molecule has 2 aliphatic heterocycles. The Hall–Kier alpha value is -4.78. The van der Waals surface area contributed by atoms with E-state index >= 15 is 0 Å². The third kappa shape index (κ3) is 4.69. The number of nitrogens with one attached hydrogen (secondary N) is 2. The number of rotatable bonds is 7. The van der Waals surface area contributed by atoms with Crippen molar-refractivity contribution in [1.29, 1.82) is 0 Å². The van der Waals surface area contributed by atoms with Crippen LogP contribution in [0.2, 0.25) is 0 Å². The molecule has 0 radical (unpaired) electrons. The average Bonchev–Trinajstić information content (AvgIpc) is 3.80. The number of hydrogen-bond donors (Lipinski definition) is 3. The summed E-state index contributed by atoms with van der Waals surface area (Å²) in [5.41, 5.74) is 7.81. The molecule has 5 aromatic rings. The summed E-state index contributed by atoms with van der Waals surface area (Å²) in [5, 5.41) is 19.7. The SMILES string of the molecule is CS(=O)(=O)c1c([C@@H]2C[C@H]3CC[C@@H](C2)N3C(=O)c2nnc[nH]2)nc2c(-c3cnc(COC(=O)c4nnc[nH]4)s3)cnn2c1N. The van der Waals surface area contributed by atoms with Crippen LogP contribution in [-0.4, -0.2) is 93.5 Å². The highest BCUT2D eigenvalue weighted by Crippen LogP contribution is 2.45. The number of anilines is 1. The number of nitrogen functional groups attached to an aromatic ring is 1. The lowest BCUT2D eigenvalue weighted by atomic mass is 9.87. The molecule has 7 heterocycles. The van der Waals surface area contributed by atoms with Crippen molar-refractivity contribution in [3.05, 3.63) is 47.4 Å². The van der Waals surface area contributed by atoms with Gasteiger partial charge in [-0.25, -0.2) is 23.2 Å². The second-order valence-electron chi connectivity index (χ2n) is 10.4. The highest BCUT2D eigenvalue weighted by molar-refractivity contribution is 7.91. The molecule has 43 heavy (non-hydrogen) atoms. The topological polar surface area (TPSA) is 233 Å². The number of nitrogens with two attached hydrogens (primary N) is 1. The van der Waals surface area contributed by atoms with E-state index in [4.69, 9.17) is 15.5 Å². The Bertz CT molecular complexity index is 1940. The molecule has 7 rings (SSSR count). The molecule has 2 aliphatic rings. The van der Waals surface area contributed by atoms with E-state index in [9.17, 15) is 18.0 Å². The van der Waals surface area contributed by atoms with Gasteiger partial charge in [0.05, 0.1) is 22.3 Å². The first-order valence-electron chi connectivity index (χ1n) is 13.2. The zero-order chi connectivity index (χ0) is 29.9. The number of carbonyl (C=O) groups is 2. The van der Waals surface area contributed by atoms with Crippen LogP contribution < -0.4 is 5.73 Å². The molecule has 0 unspecified atom stereocenters. The molecular formula is C24H24N12O5S2. The number of thiazole rings is 1. The van der Waals surface area contributed by atoms with Crippen molar-refractivity contribution in [1.82, 2.24) is 54.8 Å². The molecule has 17 nitrogen and oxygen atoms in total. The Morgan fingerprint density at radius 2 is 1.79 bits per heavy atom. The number of fused-ring (bicyclic) bond motifs is 3. The van der Waals surface area contributed by atoms with Crippen LogP contribution in [0.15, 0.2) is 29.9 Å². The maximum absolute atomic E-state index is 13.1. The minimum atomic E-state index is -3.79. The van der Waals surface area contributed by atoms with E-state index in [1.54, 1.807) is 12.4 Å².